The second-order valence-electron chi connectivity index (χ2n) is 11.6. The number of nitrogens with zero attached hydrogens (tertiary/aromatic N) is 3. The number of fused-ring (bicyclic) bond motifs is 6. The van der Waals surface area contributed by atoms with E-state index in [1.54, 1.807) is 55.5 Å². The highest BCUT2D eigenvalue weighted by Crippen LogP contribution is 2.57. The van der Waals surface area contributed by atoms with Crippen molar-refractivity contribution in [1.82, 2.24) is 0 Å². The second-order valence-corrected chi connectivity index (χ2v) is 11.6. The molecule has 1 spiro atoms. The Bertz CT molecular complexity index is 2050. The molecule has 0 amide bonds. The van der Waals surface area contributed by atoms with Gasteiger partial charge >= 0.3 is 5.97 Å². The Kier molecular flexibility index (Phi) is 8.24. The van der Waals surface area contributed by atoms with Gasteiger partial charge in [-0.2, -0.15) is 10.2 Å². The fourth-order valence-electron chi connectivity index (χ4n) is 5.62. The minimum absolute atomic E-state index is 0.00558. The number of hydrogen-bond donors (Lipinski definition) is 2. The van der Waals surface area contributed by atoms with Crippen LogP contribution in [0.25, 0.3) is 0 Å². The first-order valence-corrected chi connectivity index (χ1v) is 15.0. The van der Waals surface area contributed by atoms with Crippen LogP contribution in [0.3, 0.4) is 0 Å². The third kappa shape index (κ3) is 5.87. The Labute approximate surface area is 276 Å². The van der Waals surface area contributed by atoms with E-state index in [9.17, 15) is 24.6 Å². The summed E-state index contributed by atoms with van der Waals surface area (Å²) in [6.07, 6.45) is 0. The van der Waals surface area contributed by atoms with Crippen LogP contribution in [-0.2, 0) is 10.3 Å². The highest BCUT2D eigenvalue weighted by molar-refractivity contribution is 6.01. The lowest BCUT2D eigenvalue weighted by Gasteiger charge is -2.36. The molecule has 0 atom stereocenters. The maximum Gasteiger partial charge on any atom is 0.340 e. The van der Waals surface area contributed by atoms with Gasteiger partial charge in [0.25, 0.3) is 0 Å². The number of benzene rings is 5. The smallest absolute Gasteiger partial charge is 0.340 e. The van der Waals surface area contributed by atoms with E-state index in [0.717, 1.165) is 17.1 Å². The molecule has 5 aromatic rings. The Morgan fingerprint density at radius 2 is 1.12 bits per heavy atom. The molecule has 0 radical (unpaired) electrons. The number of esters is 1. The van der Waals surface area contributed by atoms with Crippen molar-refractivity contribution in [3.8, 4) is 23.0 Å². The molecule has 240 valence electrons. The maximum atomic E-state index is 12.8. The monoisotopic (exact) mass is 641 g/mol. The summed E-state index contributed by atoms with van der Waals surface area (Å²) in [6.45, 7) is 2.98. The first-order valence-electron chi connectivity index (χ1n) is 15.0. The van der Waals surface area contributed by atoms with Gasteiger partial charge in [0.1, 0.15) is 23.0 Å². The average molecular weight is 642 g/mol. The predicted molar refractivity (Wildman–Crippen MR) is 179 cm³/mol. The molecule has 2 heterocycles. The quantitative estimate of drug-likeness (QED) is 0.111. The predicted octanol–water partition coefficient (Wildman–Crippen LogP) is 8.24. The number of aromatic hydroxyl groups is 2. The fourth-order valence-corrected chi connectivity index (χ4v) is 5.62. The first kappa shape index (κ1) is 31.7. The van der Waals surface area contributed by atoms with E-state index >= 15 is 0 Å². The molecular formula is C38H31N3O7. The van der Waals surface area contributed by atoms with Gasteiger partial charge in [-0.05, 0) is 92.7 Å². The van der Waals surface area contributed by atoms with Crippen LogP contribution >= 0.6 is 0 Å². The normalized spacial score (nSPS) is 13.4. The van der Waals surface area contributed by atoms with Gasteiger partial charge in [-0.25, -0.2) is 4.79 Å². The molecule has 10 nitrogen and oxygen atoms in total. The molecule has 0 saturated carbocycles. The third-order valence-corrected chi connectivity index (χ3v) is 8.10. The van der Waals surface area contributed by atoms with Crippen molar-refractivity contribution in [2.24, 2.45) is 10.2 Å². The largest absolute Gasteiger partial charge is 0.508 e. The standard InChI is InChI=1S/C22H14O6.C16H17N3O/c1-11(23)12-2-5-16-15(8-12)21(26)28-22(16)17-6-3-13(24)9-19(17)27-20-10-14(25)4-7-18(20)22;1-12(20)13-4-6-14(7-5-13)17-18-15-8-10-16(11-9-15)19(2)3/h2-10,24-25H,1H3;4-11H,1-3H3. The number of ketones is 2. The lowest BCUT2D eigenvalue weighted by Crippen LogP contribution is -2.32. The first-order chi connectivity index (χ1) is 23.0. The topological polar surface area (TPSA) is 138 Å². The van der Waals surface area contributed by atoms with Crippen molar-refractivity contribution < 1.29 is 34.1 Å². The van der Waals surface area contributed by atoms with Crippen LogP contribution < -0.4 is 9.64 Å². The highest BCUT2D eigenvalue weighted by atomic mass is 16.6. The van der Waals surface area contributed by atoms with Gasteiger partial charge in [0, 0.05) is 59.7 Å². The van der Waals surface area contributed by atoms with Crippen LogP contribution in [0.2, 0.25) is 0 Å². The molecule has 10 heteroatoms. The minimum atomic E-state index is -1.30. The van der Waals surface area contributed by atoms with E-state index < -0.39 is 11.6 Å². The molecule has 2 N–H and O–H groups in total. The van der Waals surface area contributed by atoms with E-state index in [2.05, 4.69) is 10.2 Å². The second kappa shape index (κ2) is 12.5. The minimum Gasteiger partial charge on any atom is -0.508 e. The van der Waals surface area contributed by atoms with Crippen LogP contribution in [0.5, 0.6) is 23.0 Å². The number of carbonyl (C=O) groups is 3. The van der Waals surface area contributed by atoms with Crippen molar-refractivity contribution in [2.75, 3.05) is 19.0 Å². The molecule has 0 bridgehead atoms. The summed E-state index contributed by atoms with van der Waals surface area (Å²) >= 11 is 0. The molecule has 0 fully saturated rings. The number of rotatable bonds is 5. The van der Waals surface area contributed by atoms with E-state index in [4.69, 9.17) is 9.47 Å². The molecule has 0 unspecified atom stereocenters. The Hall–Kier alpha value is -6.29. The van der Waals surface area contributed by atoms with Crippen molar-refractivity contribution >= 4 is 34.6 Å². The zero-order valence-electron chi connectivity index (χ0n) is 26.6. The Morgan fingerprint density at radius 1 is 0.646 bits per heavy atom. The van der Waals surface area contributed by atoms with Crippen LogP contribution in [0.1, 0.15) is 61.6 Å². The number of anilines is 1. The molecule has 0 saturated heterocycles. The van der Waals surface area contributed by atoms with Crippen molar-refractivity contribution in [3.05, 3.63) is 137 Å². The molecule has 7 rings (SSSR count). The van der Waals surface area contributed by atoms with Crippen LogP contribution in [0, 0.1) is 0 Å². The van der Waals surface area contributed by atoms with Crippen molar-refractivity contribution in [1.29, 1.82) is 0 Å². The number of phenols is 2. The number of hydrogen-bond acceptors (Lipinski definition) is 10. The number of phenolic OH excluding ortho intramolecular Hbond substituents is 2. The molecule has 48 heavy (non-hydrogen) atoms. The maximum absolute atomic E-state index is 12.8. The SMILES string of the molecule is CC(=O)c1ccc(N=Nc2ccc(N(C)C)cc2)cc1.CC(=O)c1ccc2c(c1)C(=O)OC21c2ccc(O)cc2Oc2cc(O)ccc21. The van der Waals surface area contributed by atoms with E-state index in [1.165, 1.54) is 37.3 Å². The summed E-state index contributed by atoms with van der Waals surface area (Å²) in [6, 6.07) is 28.9. The van der Waals surface area contributed by atoms with E-state index in [0.29, 0.717) is 44.9 Å². The van der Waals surface area contributed by atoms with Crippen molar-refractivity contribution in [3.63, 3.8) is 0 Å². The molecule has 0 aromatic heterocycles. The third-order valence-electron chi connectivity index (χ3n) is 8.10. The van der Waals surface area contributed by atoms with Crippen LogP contribution in [0.4, 0.5) is 17.1 Å². The average Bonchev–Trinajstić information content (AvgIpc) is 3.35. The molecule has 0 aliphatic carbocycles. The van der Waals surface area contributed by atoms with Gasteiger partial charge in [-0.3, -0.25) is 9.59 Å². The Balaban J connectivity index is 0.000000178. The summed E-state index contributed by atoms with van der Waals surface area (Å²) in [5.74, 6) is -0.0447. The lowest BCUT2D eigenvalue weighted by molar-refractivity contribution is 0.0224. The molecule has 2 aliphatic rings. The van der Waals surface area contributed by atoms with Gasteiger partial charge in [-0.15, -0.1) is 0 Å². The number of azo groups is 1. The summed E-state index contributed by atoms with van der Waals surface area (Å²) in [7, 11) is 3.99. The zero-order chi connectivity index (χ0) is 34.2. The molecular weight excluding hydrogens is 610 g/mol. The van der Waals surface area contributed by atoms with E-state index in [-0.39, 0.29) is 23.1 Å². The summed E-state index contributed by atoms with van der Waals surface area (Å²) in [4.78, 5) is 37.8. The lowest BCUT2D eigenvalue weighted by atomic mass is 9.77. The van der Waals surface area contributed by atoms with Gasteiger partial charge in [0.2, 0.25) is 0 Å². The summed E-state index contributed by atoms with van der Waals surface area (Å²) in [5.41, 5.74) is 4.41. The molecule has 5 aromatic carbocycles. The number of ether oxygens (including phenoxy) is 2. The summed E-state index contributed by atoms with van der Waals surface area (Å²) < 4.78 is 11.8. The Morgan fingerprint density at radius 3 is 1.62 bits per heavy atom. The van der Waals surface area contributed by atoms with Crippen LogP contribution in [-0.4, -0.2) is 41.8 Å². The summed E-state index contributed by atoms with van der Waals surface area (Å²) in [5, 5.41) is 28.1. The van der Waals surface area contributed by atoms with E-state index in [1.807, 2.05) is 43.3 Å². The van der Waals surface area contributed by atoms with Gasteiger partial charge in [0.15, 0.2) is 17.2 Å². The van der Waals surface area contributed by atoms with Crippen molar-refractivity contribution in [2.45, 2.75) is 19.4 Å². The molecule has 2 aliphatic heterocycles. The van der Waals surface area contributed by atoms with Gasteiger partial charge in [0.05, 0.1) is 16.9 Å². The van der Waals surface area contributed by atoms with Gasteiger partial charge < -0.3 is 24.6 Å². The highest BCUT2D eigenvalue weighted by Gasteiger charge is 2.53. The number of carbonyl (C=O) groups excluding carboxylic acids is 3. The zero-order valence-corrected chi connectivity index (χ0v) is 26.6. The van der Waals surface area contributed by atoms with Crippen LogP contribution in [0.15, 0.2) is 113 Å². The number of Topliss-reactive ketones (excluding diaryl/α,β-unsaturated/α-hetero) is 2. The fraction of sp³-hybridized carbons (Fsp3) is 0.132. The van der Waals surface area contributed by atoms with Gasteiger partial charge in [-0.1, -0.05) is 12.1 Å².